The first-order valence-electron chi connectivity index (χ1n) is 11.6. The number of amidine groups is 1. The van der Waals surface area contributed by atoms with Crippen LogP contribution < -0.4 is 4.74 Å². The molecule has 8 nitrogen and oxygen atoms in total. The molecule has 1 heterocycles. The quantitative estimate of drug-likeness (QED) is 0.243. The molecule has 38 heavy (non-hydrogen) atoms. The van der Waals surface area contributed by atoms with Crippen molar-refractivity contribution < 1.29 is 29.0 Å². The number of amides is 1. The standard InChI is InChI=1S/C28H23BrN2O6S/c1-2-36-25(32)17-37-23-13-12-21(29)14-20(23)15-24-26(33)31(16-18-8-10-19(11-9-18)27(34)35)28(38-24)30-22-6-4-3-5-7-22/h3-15H,2,16-17H2,1H3,(H,34,35)/b24-15-,30-28?. The number of carbonyl (C=O) groups excluding carboxylic acids is 2. The average Bonchev–Trinajstić information content (AvgIpc) is 3.18. The molecule has 1 N–H and O–H groups in total. The van der Waals surface area contributed by atoms with Crippen LogP contribution in [0.3, 0.4) is 0 Å². The van der Waals surface area contributed by atoms with Crippen LogP contribution in [0.5, 0.6) is 5.75 Å². The van der Waals surface area contributed by atoms with Crippen LogP contribution in [0.4, 0.5) is 5.69 Å². The van der Waals surface area contributed by atoms with Gasteiger partial charge in [-0.25, -0.2) is 14.6 Å². The Morgan fingerprint density at radius 1 is 1.08 bits per heavy atom. The Morgan fingerprint density at radius 2 is 1.82 bits per heavy atom. The fraction of sp³-hybridized carbons (Fsp3) is 0.143. The number of esters is 1. The van der Waals surface area contributed by atoms with E-state index in [4.69, 9.17) is 14.5 Å². The first-order chi connectivity index (χ1) is 18.3. The zero-order chi connectivity index (χ0) is 27.1. The molecule has 1 aliphatic heterocycles. The maximum atomic E-state index is 13.6. The van der Waals surface area contributed by atoms with E-state index >= 15 is 0 Å². The van der Waals surface area contributed by atoms with E-state index in [1.54, 1.807) is 48.2 Å². The lowest BCUT2D eigenvalue weighted by Gasteiger charge is -2.16. The van der Waals surface area contributed by atoms with E-state index in [1.807, 2.05) is 30.3 Å². The number of benzene rings is 3. The van der Waals surface area contributed by atoms with Crippen LogP contribution in [-0.4, -0.2) is 46.2 Å². The highest BCUT2D eigenvalue weighted by Crippen LogP contribution is 2.37. The molecule has 1 aliphatic rings. The summed E-state index contributed by atoms with van der Waals surface area (Å²) in [5.74, 6) is -1.34. The Balaban J connectivity index is 1.66. The highest BCUT2D eigenvalue weighted by molar-refractivity contribution is 9.10. The summed E-state index contributed by atoms with van der Waals surface area (Å²) in [6.07, 6.45) is 1.70. The second-order valence-electron chi connectivity index (χ2n) is 8.01. The van der Waals surface area contributed by atoms with Gasteiger partial charge in [-0.1, -0.05) is 46.3 Å². The lowest BCUT2D eigenvalue weighted by molar-refractivity contribution is -0.145. The van der Waals surface area contributed by atoms with Gasteiger partial charge in [-0.15, -0.1) is 0 Å². The van der Waals surface area contributed by atoms with E-state index in [9.17, 15) is 19.5 Å². The van der Waals surface area contributed by atoms with Gasteiger partial charge in [0.15, 0.2) is 11.8 Å². The van der Waals surface area contributed by atoms with Crippen molar-refractivity contribution in [2.45, 2.75) is 13.5 Å². The summed E-state index contributed by atoms with van der Waals surface area (Å²) in [4.78, 5) is 43.2. The van der Waals surface area contributed by atoms with E-state index in [0.29, 0.717) is 27.1 Å². The van der Waals surface area contributed by atoms with Gasteiger partial charge in [0.25, 0.3) is 5.91 Å². The minimum Gasteiger partial charge on any atom is -0.481 e. The monoisotopic (exact) mass is 594 g/mol. The van der Waals surface area contributed by atoms with Crippen molar-refractivity contribution in [3.05, 3.63) is 98.9 Å². The highest BCUT2D eigenvalue weighted by atomic mass is 79.9. The topological polar surface area (TPSA) is 106 Å². The van der Waals surface area contributed by atoms with Crippen LogP contribution >= 0.6 is 27.7 Å². The van der Waals surface area contributed by atoms with E-state index in [0.717, 1.165) is 10.0 Å². The average molecular weight is 595 g/mol. The number of carboxylic acid groups (broad SMARTS) is 1. The summed E-state index contributed by atoms with van der Waals surface area (Å²) in [7, 11) is 0. The maximum Gasteiger partial charge on any atom is 0.344 e. The predicted molar refractivity (Wildman–Crippen MR) is 149 cm³/mol. The second kappa shape index (κ2) is 12.6. The molecule has 0 radical (unpaired) electrons. The van der Waals surface area contributed by atoms with Crippen LogP contribution in [0.25, 0.3) is 6.08 Å². The van der Waals surface area contributed by atoms with Crippen molar-refractivity contribution in [1.29, 1.82) is 0 Å². The van der Waals surface area contributed by atoms with Crippen LogP contribution in [0, 0.1) is 0 Å². The molecule has 0 aromatic heterocycles. The number of aromatic carboxylic acids is 1. The summed E-state index contributed by atoms with van der Waals surface area (Å²) in [5.41, 5.74) is 2.22. The number of hydrogen-bond acceptors (Lipinski definition) is 7. The largest absolute Gasteiger partial charge is 0.481 e. The second-order valence-corrected chi connectivity index (χ2v) is 9.93. The highest BCUT2D eigenvalue weighted by Gasteiger charge is 2.34. The third-order valence-electron chi connectivity index (χ3n) is 5.32. The molecule has 1 amide bonds. The number of para-hydroxylation sites is 1. The van der Waals surface area contributed by atoms with Gasteiger partial charge >= 0.3 is 11.9 Å². The summed E-state index contributed by atoms with van der Waals surface area (Å²) in [5, 5.41) is 9.67. The van der Waals surface area contributed by atoms with Gasteiger partial charge in [0.1, 0.15) is 5.75 Å². The van der Waals surface area contributed by atoms with Crippen molar-refractivity contribution in [2.24, 2.45) is 4.99 Å². The number of rotatable bonds is 9. The van der Waals surface area contributed by atoms with Crippen LogP contribution in [0.1, 0.15) is 28.4 Å². The molecule has 0 spiro atoms. The van der Waals surface area contributed by atoms with Crippen molar-refractivity contribution >= 4 is 62.5 Å². The molecule has 3 aromatic carbocycles. The Hall–Kier alpha value is -3.89. The van der Waals surface area contributed by atoms with E-state index in [2.05, 4.69) is 15.9 Å². The molecule has 0 unspecified atom stereocenters. The van der Waals surface area contributed by atoms with E-state index in [-0.39, 0.29) is 31.2 Å². The molecule has 10 heteroatoms. The molecule has 0 atom stereocenters. The van der Waals surface area contributed by atoms with Gasteiger partial charge in [-0.05, 0) is 72.8 Å². The van der Waals surface area contributed by atoms with Crippen LogP contribution in [-0.2, 0) is 20.9 Å². The van der Waals surface area contributed by atoms with Crippen LogP contribution in [0.2, 0.25) is 0 Å². The number of carbonyl (C=O) groups is 3. The van der Waals surface area contributed by atoms with Crippen molar-refractivity contribution in [1.82, 2.24) is 4.90 Å². The van der Waals surface area contributed by atoms with Crippen molar-refractivity contribution in [2.75, 3.05) is 13.2 Å². The van der Waals surface area contributed by atoms with Gasteiger partial charge in [0.05, 0.1) is 29.3 Å². The van der Waals surface area contributed by atoms with Crippen LogP contribution in [0.15, 0.2) is 87.2 Å². The van der Waals surface area contributed by atoms with Gasteiger partial charge in [0.2, 0.25) is 0 Å². The fourth-order valence-electron chi connectivity index (χ4n) is 3.52. The van der Waals surface area contributed by atoms with Gasteiger partial charge in [-0.3, -0.25) is 9.69 Å². The number of hydrogen-bond donors (Lipinski definition) is 1. The number of carboxylic acids is 1. The van der Waals surface area contributed by atoms with Gasteiger partial charge in [-0.2, -0.15) is 0 Å². The summed E-state index contributed by atoms with van der Waals surface area (Å²) < 4.78 is 11.4. The predicted octanol–water partition coefficient (Wildman–Crippen LogP) is 5.89. The number of aliphatic imine (C=N–C) groups is 1. The molecule has 0 saturated carbocycles. The molecule has 1 fully saturated rings. The number of nitrogens with zero attached hydrogens (tertiary/aromatic N) is 2. The minimum absolute atomic E-state index is 0.166. The minimum atomic E-state index is -1.02. The number of ether oxygens (including phenoxy) is 2. The zero-order valence-electron chi connectivity index (χ0n) is 20.3. The maximum absolute atomic E-state index is 13.6. The summed E-state index contributed by atoms with van der Waals surface area (Å²) >= 11 is 4.67. The van der Waals surface area contributed by atoms with E-state index < -0.39 is 11.9 Å². The smallest absolute Gasteiger partial charge is 0.344 e. The molecule has 1 saturated heterocycles. The normalized spacial score (nSPS) is 15.2. The van der Waals surface area contributed by atoms with E-state index in [1.165, 1.54) is 23.9 Å². The molecule has 0 bridgehead atoms. The molecule has 3 aromatic rings. The lowest BCUT2D eigenvalue weighted by Crippen LogP contribution is -2.28. The number of thioether (sulfide) groups is 1. The molecular weight excluding hydrogens is 572 g/mol. The first-order valence-corrected chi connectivity index (χ1v) is 13.2. The molecular formula is C28H23BrN2O6S. The molecule has 4 rings (SSSR count). The fourth-order valence-corrected chi connectivity index (χ4v) is 4.89. The van der Waals surface area contributed by atoms with Crippen molar-refractivity contribution in [3.63, 3.8) is 0 Å². The SMILES string of the molecule is CCOC(=O)COc1ccc(Br)cc1/C=C1\SC(=Nc2ccccc2)N(Cc2ccc(C(=O)O)cc2)C1=O. The Morgan fingerprint density at radius 3 is 2.50 bits per heavy atom. The summed E-state index contributed by atoms with van der Waals surface area (Å²) in [6.45, 7) is 1.92. The molecule has 0 aliphatic carbocycles. The Labute approximate surface area is 232 Å². The molecule has 194 valence electrons. The third-order valence-corrected chi connectivity index (χ3v) is 6.82. The third kappa shape index (κ3) is 6.90. The number of halogens is 1. The lowest BCUT2D eigenvalue weighted by atomic mass is 10.1. The summed E-state index contributed by atoms with van der Waals surface area (Å²) in [6, 6.07) is 20.9. The Bertz CT molecular complexity index is 1410. The first kappa shape index (κ1) is 27.2. The Kier molecular flexibility index (Phi) is 8.98. The van der Waals surface area contributed by atoms with Gasteiger partial charge < -0.3 is 14.6 Å². The van der Waals surface area contributed by atoms with Gasteiger partial charge in [0, 0.05) is 10.0 Å². The zero-order valence-corrected chi connectivity index (χ0v) is 22.7. The van der Waals surface area contributed by atoms with Crippen molar-refractivity contribution in [3.8, 4) is 5.75 Å².